The van der Waals surface area contributed by atoms with Crippen molar-refractivity contribution in [2.24, 2.45) is 5.92 Å². The minimum Gasteiger partial charge on any atom is -0.345 e. The van der Waals surface area contributed by atoms with Gasteiger partial charge in [-0.2, -0.15) is 0 Å². The molecule has 0 N–H and O–H groups in total. The van der Waals surface area contributed by atoms with E-state index in [1.807, 2.05) is 13.0 Å². The summed E-state index contributed by atoms with van der Waals surface area (Å²) in [6.45, 7) is 6.38. The van der Waals surface area contributed by atoms with E-state index in [1.165, 1.54) is 27.8 Å². The zero-order valence-electron chi connectivity index (χ0n) is 16.6. The van der Waals surface area contributed by atoms with Crippen LogP contribution in [0.5, 0.6) is 0 Å². The molecule has 6 heteroatoms. The number of carbonyl (C=O) groups excluding carboxylic acids is 1. The van der Waals surface area contributed by atoms with Crippen LogP contribution in [0.25, 0.3) is 10.2 Å². The first-order valence-electron chi connectivity index (χ1n) is 10.2. The molecule has 1 saturated carbocycles. The molecule has 28 heavy (non-hydrogen) atoms. The van der Waals surface area contributed by atoms with Crippen LogP contribution in [0.4, 0.5) is 0 Å². The van der Waals surface area contributed by atoms with Gasteiger partial charge in [0.1, 0.15) is 4.83 Å². The standard InChI is InChI=1S/C22H25N3O2S/c1-12-4-7-16-19(8-12)28-21-20(16)22(27)24(11-23-21)10-18(26)17-9-13(2)25(14(17)3)15-5-6-15/h9,11-12,15H,4-8,10H2,1-3H3/t12-/m0/s1. The van der Waals surface area contributed by atoms with E-state index in [-0.39, 0.29) is 17.9 Å². The molecule has 5 nitrogen and oxygen atoms in total. The maximum atomic E-state index is 13.2. The number of ketones is 1. The zero-order chi connectivity index (χ0) is 19.6. The molecule has 1 atom stereocenters. The number of aromatic nitrogens is 3. The predicted molar refractivity (Wildman–Crippen MR) is 112 cm³/mol. The topological polar surface area (TPSA) is 56.9 Å². The van der Waals surface area contributed by atoms with Gasteiger partial charge in [-0.05, 0) is 63.5 Å². The van der Waals surface area contributed by atoms with Crippen LogP contribution in [0.3, 0.4) is 0 Å². The van der Waals surface area contributed by atoms with Crippen LogP contribution >= 0.6 is 11.3 Å². The molecule has 2 aliphatic rings. The van der Waals surface area contributed by atoms with Crippen molar-refractivity contribution in [2.45, 2.75) is 65.5 Å². The van der Waals surface area contributed by atoms with Crippen LogP contribution < -0.4 is 5.56 Å². The van der Waals surface area contributed by atoms with Gasteiger partial charge >= 0.3 is 0 Å². The fourth-order valence-electron chi connectivity index (χ4n) is 4.67. The lowest BCUT2D eigenvalue weighted by Gasteiger charge is -2.17. The Kier molecular flexibility index (Phi) is 4.09. The van der Waals surface area contributed by atoms with Crippen LogP contribution in [-0.4, -0.2) is 19.9 Å². The molecule has 2 aliphatic carbocycles. The third-order valence-corrected chi connectivity index (χ3v) is 7.46. The average molecular weight is 396 g/mol. The van der Waals surface area contributed by atoms with Crippen molar-refractivity contribution in [2.75, 3.05) is 0 Å². The van der Waals surface area contributed by atoms with Gasteiger partial charge in [0.15, 0.2) is 5.78 Å². The summed E-state index contributed by atoms with van der Waals surface area (Å²) >= 11 is 1.65. The summed E-state index contributed by atoms with van der Waals surface area (Å²) in [4.78, 5) is 32.8. The largest absolute Gasteiger partial charge is 0.345 e. The average Bonchev–Trinajstić information content (AvgIpc) is 3.34. The maximum Gasteiger partial charge on any atom is 0.262 e. The van der Waals surface area contributed by atoms with Crippen LogP contribution in [0.2, 0.25) is 0 Å². The van der Waals surface area contributed by atoms with Gasteiger partial charge in [-0.3, -0.25) is 14.2 Å². The number of nitrogens with zero attached hydrogens (tertiary/aromatic N) is 3. The van der Waals surface area contributed by atoms with E-state index in [0.717, 1.165) is 46.4 Å². The van der Waals surface area contributed by atoms with Crippen molar-refractivity contribution in [1.82, 2.24) is 14.1 Å². The molecule has 146 valence electrons. The number of hydrogen-bond donors (Lipinski definition) is 0. The smallest absolute Gasteiger partial charge is 0.262 e. The molecule has 1 fully saturated rings. The number of rotatable bonds is 4. The minimum absolute atomic E-state index is 0.0130. The molecule has 0 unspecified atom stereocenters. The SMILES string of the molecule is Cc1cc(C(=O)Cn2cnc3sc4c(c3c2=O)CC[C@H](C)C4)c(C)n1C1CC1. The molecule has 0 spiro atoms. The minimum atomic E-state index is -0.0681. The highest BCUT2D eigenvalue weighted by Gasteiger charge is 2.29. The van der Waals surface area contributed by atoms with Crippen LogP contribution in [-0.2, 0) is 19.4 Å². The first kappa shape index (κ1) is 17.9. The summed E-state index contributed by atoms with van der Waals surface area (Å²) < 4.78 is 3.77. The summed E-state index contributed by atoms with van der Waals surface area (Å²) in [7, 11) is 0. The maximum absolute atomic E-state index is 13.2. The van der Waals surface area contributed by atoms with E-state index in [9.17, 15) is 9.59 Å². The molecule has 0 saturated heterocycles. The fourth-order valence-corrected chi connectivity index (χ4v) is 6.01. The number of Topliss-reactive ketones (excluding diaryl/α,β-unsaturated/α-hetero) is 1. The number of aryl methyl sites for hydroxylation is 2. The van der Waals surface area contributed by atoms with Crippen LogP contribution in [0.15, 0.2) is 17.2 Å². The molecule has 0 radical (unpaired) electrons. The molecule has 5 rings (SSSR count). The van der Waals surface area contributed by atoms with Gasteiger partial charge in [0.25, 0.3) is 5.56 Å². The Morgan fingerprint density at radius 2 is 2.07 bits per heavy atom. The van der Waals surface area contributed by atoms with Crippen molar-refractivity contribution in [3.8, 4) is 0 Å². The molecule has 3 heterocycles. The van der Waals surface area contributed by atoms with Gasteiger partial charge in [0, 0.05) is 27.9 Å². The highest BCUT2D eigenvalue weighted by atomic mass is 32.1. The van der Waals surface area contributed by atoms with Gasteiger partial charge in [0.2, 0.25) is 0 Å². The Labute approximate surface area is 168 Å². The number of hydrogen-bond acceptors (Lipinski definition) is 4. The van der Waals surface area contributed by atoms with Crippen molar-refractivity contribution < 1.29 is 4.79 Å². The lowest BCUT2D eigenvalue weighted by molar-refractivity contribution is 0.0970. The van der Waals surface area contributed by atoms with E-state index in [4.69, 9.17) is 0 Å². The molecule has 3 aromatic rings. The zero-order valence-corrected chi connectivity index (χ0v) is 17.4. The van der Waals surface area contributed by atoms with E-state index in [0.29, 0.717) is 12.0 Å². The predicted octanol–water partition coefficient (Wildman–Crippen LogP) is 4.22. The summed E-state index contributed by atoms with van der Waals surface area (Å²) in [6, 6.07) is 2.52. The number of carbonyl (C=O) groups is 1. The molecule has 0 aromatic carbocycles. The van der Waals surface area contributed by atoms with Gasteiger partial charge < -0.3 is 4.57 Å². The Bertz CT molecular complexity index is 1160. The second-order valence-electron chi connectivity index (χ2n) is 8.52. The summed E-state index contributed by atoms with van der Waals surface area (Å²) in [5.74, 6) is 0.645. The van der Waals surface area contributed by atoms with E-state index in [2.05, 4.69) is 23.4 Å². The van der Waals surface area contributed by atoms with Gasteiger partial charge in [0.05, 0.1) is 18.3 Å². The molecule has 3 aromatic heterocycles. The molecule has 0 amide bonds. The van der Waals surface area contributed by atoms with Crippen molar-refractivity contribution in [3.63, 3.8) is 0 Å². The summed E-state index contributed by atoms with van der Waals surface area (Å²) in [6.07, 6.45) is 7.00. The molecular formula is C22H25N3O2S. The fraction of sp³-hybridized carbons (Fsp3) is 0.500. The van der Waals surface area contributed by atoms with Crippen LogP contribution in [0, 0.1) is 19.8 Å². The van der Waals surface area contributed by atoms with E-state index in [1.54, 1.807) is 17.7 Å². The Hall–Kier alpha value is -2.21. The third kappa shape index (κ3) is 2.77. The van der Waals surface area contributed by atoms with E-state index < -0.39 is 0 Å². The molecule has 0 aliphatic heterocycles. The quantitative estimate of drug-likeness (QED) is 0.622. The van der Waals surface area contributed by atoms with Gasteiger partial charge in [-0.25, -0.2) is 4.98 Å². The lowest BCUT2D eigenvalue weighted by atomic mass is 9.89. The molecular weight excluding hydrogens is 370 g/mol. The second-order valence-corrected chi connectivity index (χ2v) is 9.60. The number of fused-ring (bicyclic) bond motifs is 3. The Morgan fingerprint density at radius 3 is 2.82 bits per heavy atom. The van der Waals surface area contributed by atoms with Crippen molar-refractivity contribution in [3.05, 3.63) is 50.1 Å². The van der Waals surface area contributed by atoms with Gasteiger partial charge in [-0.15, -0.1) is 11.3 Å². The summed E-state index contributed by atoms with van der Waals surface area (Å²) in [5.41, 5.74) is 3.99. The highest BCUT2D eigenvalue weighted by Crippen LogP contribution is 2.38. The van der Waals surface area contributed by atoms with Crippen LogP contribution in [0.1, 0.15) is 64.4 Å². The Morgan fingerprint density at radius 1 is 1.29 bits per heavy atom. The first-order chi connectivity index (χ1) is 13.4. The van der Waals surface area contributed by atoms with E-state index >= 15 is 0 Å². The highest BCUT2D eigenvalue weighted by molar-refractivity contribution is 7.18. The van der Waals surface area contributed by atoms with Crippen molar-refractivity contribution >= 4 is 27.3 Å². The normalized spacial score (nSPS) is 19.2. The van der Waals surface area contributed by atoms with Crippen molar-refractivity contribution in [1.29, 1.82) is 0 Å². The van der Waals surface area contributed by atoms with Gasteiger partial charge in [-0.1, -0.05) is 6.92 Å². The monoisotopic (exact) mass is 395 g/mol. The second kappa shape index (κ2) is 6.41. The third-order valence-electron chi connectivity index (χ3n) is 6.29. The number of thiophene rings is 1. The first-order valence-corrected chi connectivity index (χ1v) is 11.0. The Balaban J connectivity index is 1.50. The lowest BCUT2D eigenvalue weighted by Crippen LogP contribution is -2.25. The summed E-state index contributed by atoms with van der Waals surface area (Å²) in [5, 5.41) is 0.741. The molecule has 0 bridgehead atoms.